The Labute approximate surface area is 189 Å². The molecule has 0 aliphatic rings. The second kappa shape index (κ2) is 8.54. The van der Waals surface area contributed by atoms with Crippen molar-refractivity contribution in [2.24, 2.45) is 0 Å². The fourth-order valence-electron chi connectivity index (χ4n) is 3.35. The minimum absolute atomic E-state index is 0.116. The highest BCUT2D eigenvalue weighted by molar-refractivity contribution is 5.74. The Morgan fingerprint density at radius 2 is 1.44 bits per heavy atom. The molecule has 0 radical (unpaired) electrons. The van der Waals surface area contributed by atoms with E-state index in [2.05, 4.69) is 52.9 Å². The molecular weight excluding hydrogens is 404 g/mol. The number of ether oxygens (including phenoxy) is 1. The van der Waals surface area contributed by atoms with Crippen LogP contribution >= 0.6 is 0 Å². The van der Waals surface area contributed by atoms with Crippen LogP contribution < -0.4 is 10.1 Å². The molecule has 0 atom stereocenters. The average molecular weight is 435 g/mol. The summed E-state index contributed by atoms with van der Waals surface area (Å²) >= 11 is 0. The quantitative estimate of drug-likeness (QED) is 0.248. The molecule has 3 aromatic rings. The van der Waals surface area contributed by atoms with E-state index < -0.39 is 4.92 Å². The van der Waals surface area contributed by atoms with Gasteiger partial charge in [0.05, 0.1) is 16.3 Å². The number of nitrogens with one attached hydrogen (secondary N) is 1. The second-order valence-corrected chi connectivity index (χ2v) is 9.87. The fraction of sp³-hybridized carbons (Fsp3) is 0.308. The largest absolute Gasteiger partial charge is 0.505 e. The number of anilines is 2. The molecule has 3 rings (SSSR count). The molecule has 6 nitrogen and oxygen atoms in total. The Balaban J connectivity index is 2.07. The van der Waals surface area contributed by atoms with Gasteiger partial charge in [0.15, 0.2) is 5.75 Å². The van der Waals surface area contributed by atoms with E-state index in [1.165, 1.54) is 6.07 Å². The summed E-state index contributed by atoms with van der Waals surface area (Å²) in [6.07, 6.45) is 0. The van der Waals surface area contributed by atoms with Crippen molar-refractivity contribution < 1.29 is 14.8 Å². The van der Waals surface area contributed by atoms with Crippen molar-refractivity contribution in [2.45, 2.75) is 52.4 Å². The molecule has 6 heteroatoms. The summed E-state index contributed by atoms with van der Waals surface area (Å²) < 4.78 is 5.92. The van der Waals surface area contributed by atoms with Gasteiger partial charge in [0, 0.05) is 11.6 Å². The Hall–Kier alpha value is -3.54. The van der Waals surface area contributed by atoms with Gasteiger partial charge in [-0.15, -0.1) is 0 Å². The van der Waals surface area contributed by atoms with Crippen molar-refractivity contribution in [1.29, 1.82) is 0 Å². The van der Waals surface area contributed by atoms with E-state index in [1.807, 2.05) is 18.2 Å². The Morgan fingerprint density at radius 3 is 2.03 bits per heavy atom. The third-order valence-electron chi connectivity index (χ3n) is 5.22. The number of rotatable bonds is 5. The number of phenolic OH excluding ortho intramolecular Hbond substituents is 1. The van der Waals surface area contributed by atoms with Gasteiger partial charge in [0.25, 0.3) is 0 Å². The maximum absolute atomic E-state index is 11.4. The highest BCUT2D eigenvalue weighted by Crippen LogP contribution is 2.43. The number of phenols is 1. The lowest BCUT2D eigenvalue weighted by Gasteiger charge is -2.28. The van der Waals surface area contributed by atoms with E-state index in [1.54, 1.807) is 30.3 Å². The van der Waals surface area contributed by atoms with Gasteiger partial charge in [-0.05, 0) is 40.7 Å². The number of hydrogen-bond acceptors (Lipinski definition) is 5. The number of nitro groups is 1. The van der Waals surface area contributed by atoms with Crippen LogP contribution in [-0.2, 0) is 10.8 Å². The first-order valence-corrected chi connectivity index (χ1v) is 10.5. The van der Waals surface area contributed by atoms with Gasteiger partial charge in [-0.3, -0.25) is 10.1 Å². The van der Waals surface area contributed by atoms with Crippen LogP contribution in [0.3, 0.4) is 0 Å². The van der Waals surface area contributed by atoms with Crippen LogP contribution in [0.2, 0.25) is 0 Å². The molecule has 2 N–H and O–H groups in total. The molecule has 0 spiro atoms. The fourth-order valence-corrected chi connectivity index (χ4v) is 3.35. The molecule has 0 saturated heterocycles. The maximum Gasteiger partial charge on any atom is 0.311 e. The van der Waals surface area contributed by atoms with Crippen molar-refractivity contribution in [3.05, 3.63) is 81.9 Å². The number of aromatic hydroxyl groups is 1. The maximum atomic E-state index is 11.4. The molecule has 0 bridgehead atoms. The molecule has 0 amide bonds. The van der Waals surface area contributed by atoms with Gasteiger partial charge in [-0.2, -0.15) is 0 Å². The molecule has 168 valence electrons. The first kappa shape index (κ1) is 23.1. The lowest BCUT2D eigenvalue weighted by molar-refractivity contribution is -0.385. The Bertz CT molecular complexity index is 1140. The molecule has 0 unspecified atom stereocenters. The minimum Gasteiger partial charge on any atom is -0.505 e. The predicted octanol–water partition coefficient (Wildman–Crippen LogP) is 7.43. The summed E-state index contributed by atoms with van der Waals surface area (Å²) in [5, 5.41) is 25.7. The summed E-state index contributed by atoms with van der Waals surface area (Å²) in [4.78, 5) is 10.9. The third kappa shape index (κ3) is 5.02. The van der Waals surface area contributed by atoms with Crippen molar-refractivity contribution in [2.75, 3.05) is 5.32 Å². The summed E-state index contributed by atoms with van der Waals surface area (Å²) in [7, 11) is 0. The molecule has 0 aliphatic carbocycles. The van der Waals surface area contributed by atoms with Crippen LogP contribution in [0.4, 0.5) is 17.1 Å². The van der Waals surface area contributed by atoms with E-state index in [-0.39, 0.29) is 28.0 Å². The number of para-hydroxylation sites is 4. The molecular formula is C26H30N2O4. The van der Waals surface area contributed by atoms with Crippen LogP contribution in [-0.4, -0.2) is 10.0 Å². The van der Waals surface area contributed by atoms with Gasteiger partial charge in [-0.1, -0.05) is 71.9 Å². The summed E-state index contributed by atoms with van der Waals surface area (Å²) in [6, 6.07) is 17.4. The van der Waals surface area contributed by atoms with E-state index in [4.69, 9.17) is 4.74 Å². The van der Waals surface area contributed by atoms with E-state index in [0.29, 0.717) is 17.1 Å². The van der Waals surface area contributed by atoms with Crippen LogP contribution in [0.1, 0.15) is 52.7 Å². The lowest BCUT2D eigenvalue weighted by atomic mass is 9.79. The van der Waals surface area contributed by atoms with Crippen molar-refractivity contribution in [1.82, 2.24) is 0 Å². The van der Waals surface area contributed by atoms with Gasteiger partial charge in [-0.25, -0.2) is 0 Å². The van der Waals surface area contributed by atoms with E-state index in [9.17, 15) is 15.2 Å². The van der Waals surface area contributed by atoms with Crippen LogP contribution in [0.5, 0.6) is 17.2 Å². The zero-order valence-corrected chi connectivity index (χ0v) is 19.4. The number of hydrogen-bond donors (Lipinski definition) is 2. The SMILES string of the molecule is CC(C)(C)c1cc(Nc2ccccc2Oc2ccccc2[N+](=O)[O-])c(O)c(C(C)(C)C)c1. The molecule has 32 heavy (non-hydrogen) atoms. The predicted molar refractivity (Wildman–Crippen MR) is 128 cm³/mol. The molecule has 0 aromatic heterocycles. The second-order valence-electron chi connectivity index (χ2n) is 9.87. The van der Waals surface area contributed by atoms with Crippen LogP contribution in [0, 0.1) is 10.1 Å². The monoisotopic (exact) mass is 434 g/mol. The van der Waals surface area contributed by atoms with E-state index >= 15 is 0 Å². The minimum atomic E-state index is -0.473. The highest BCUT2D eigenvalue weighted by atomic mass is 16.6. The molecule has 0 saturated carbocycles. The molecule has 0 aliphatic heterocycles. The normalized spacial score (nSPS) is 11.8. The number of nitro benzene ring substituents is 1. The molecule has 0 heterocycles. The van der Waals surface area contributed by atoms with Crippen molar-refractivity contribution in [3.8, 4) is 17.2 Å². The van der Waals surface area contributed by atoms with Gasteiger partial charge in [0.1, 0.15) is 5.75 Å². The van der Waals surface area contributed by atoms with Gasteiger partial charge in [0.2, 0.25) is 5.75 Å². The topological polar surface area (TPSA) is 84.6 Å². The zero-order valence-electron chi connectivity index (χ0n) is 19.4. The third-order valence-corrected chi connectivity index (χ3v) is 5.22. The summed E-state index contributed by atoms with van der Waals surface area (Å²) in [5.41, 5.74) is 2.57. The average Bonchev–Trinajstić information content (AvgIpc) is 2.69. The van der Waals surface area contributed by atoms with Gasteiger partial charge >= 0.3 is 5.69 Å². The van der Waals surface area contributed by atoms with Crippen LogP contribution in [0.15, 0.2) is 60.7 Å². The molecule has 0 fully saturated rings. The highest BCUT2D eigenvalue weighted by Gasteiger charge is 2.25. The Kier molecular flexibility index (Phi) is 6.17. The first-order valence-electron chi connectivity index (χ1n) is 10.5. The van der Waals surface area contributed by atoms with Gasteiger partial charge < -0.3 is 15.2 Å². The van der Waals surface area contributed by atoms with E-state index in [0.717, 1.165) is 11.1 Å². The lowest BCUT2D eigenvalue weighted by Crippen LogP contribution is -2.17. The van der Waals surface area contributed by atoms with Crippen molar-refractivity contribution >= 4 is 17.1 Å². The number of benzene rings is 3. The summed E-state index contributed by atoms with van der Waals surface area (Å²) in [6.45, 7) is 12.6. The van der Waals surface area contributed by atoms with Crippen molar-refractivity contribution in [3.63, 3.8) is 0 Å². The standard InChI is InChI=1S/C26H30N2O4/c1-25(2,3)17-15-18(26(4,5)6)24(29)20(16-17)27-19-11-7-9-13-22(19)32-23-14-10-8-12-21(23)28(30)31/h7-16,27,29H,1-6H3. The zero-order chi connectivity index (χ0) is 23.7. The smallest absolute Gasteiger partial charge is 0.311 e. The molecule has 3 aromatic carbocycles. The Morgan fingerprint density at radius 1 is 0.844 bits per heavy atom. The number of nitrogens with zero attached hydrogens (tertiary/aromatic N) is 1. The first-order chi connectivity index (χ1) is 14.9. The van der Waals surface area contributed by atoms with Crippen LogP contribution in [0.25, 0.3) is 0 Å². The summed E-state index contributed by atoms with van der Waals surface area (Å²) in [5.74, 6) is 0.737.